The highest BCUT2D eigenvalue weighted by Crippen LogP contribution is 2.12. The van der Waals surface area contributed by atoms with Crippen LogP contribution in [0.25, 0.3) is 0 Å². The lowest BCUT2D eigenvalue weighted by molar-refractivity contribution is 0.529. The number of aromatic nitrogens is 1. The Bertz CT molecular complexity index is 313. The maximum absolute atomic E-state index is 2.45. The molecule has 20 heavy (non-hydrogen) atoms. The van der Waals surface area contributed by atoms with Crippen LogP contribution in [0.2, 0.25) is 0 Å². The van der Waals surface area contributed by atoms with E-state index in [0.717, 1.165) is 0 Å². The van der Waals surface area contributed by atoms with E-state index >= 15 is 0 Å². The SMILES string of the molecule is CCCCCCCCCCCCn1cccc1CCC. The first kappa shape index (κ1) is 17.3. The van der Waals surface area contributed by atoms with E-state index in [4.69, 9.17) is 0 Å². The molecule has 0 bridgehead atoms. The molecule has 1 aromatic heterocycles. The predicted molar refractivity (Wildman–Crippen MR) is 90.3 cm³/mol. The summed E-state index contributed by atoms with van der Waals surface area (Å²) in [6, 6.07) is 4.47. The minimum atomic E-state index is 1.22. The zero-order valence-corrected chi connectivity index (χ0v) is 13.9. The van der Waals surface area contributed by atoms with Gasteiger partial charge in [-0.2, -0.15) is 0 Å². The van der Waals surface area contributed by atoms with Crippen LogP contribution >= 0.6 is 0 Å². The standard InChI is InChI=1S/C19H35N/c1-3-5-6-7-8-9-10-11-12-13-17-20-18-14-16-19(20)15-4-2/h14,16,18H,3-13,15,17H2,1-2H3. The fourth-order valence-corrected chi connectivity index (χ4v) is 2.92. The number of rotatable bonds is 13. The normalized spacial score (nSPS) is 11.1. The largest absolute Gasteiger partial charge is 0.351 e. The van der Waals surface area contributed by atoms with E-state index in [1.165, 1.54) is 89.3 Å². The first-order chi connectivity index (χ1) is 9.88. The van der Waals surface area contributed by atoms with Crippen molar-refractivity contribution in [2.24, 2.45) is 0 Å². The molecule has 1 rings (SSSR count). The summed E-state index contributed by atoms with van der Waals surface area (Å²) < 4.78 is 2.45. The quantitative estimate of drug-likeness (QED) is 0.370. The minimum Gasteiger partial charge on any atom is -0.351 e. The summed E-state index contributed by atoms with van der Waals surface area (Å²) in [6.07, 6.45) is 19.0. The number of hydrogen-bond acceptors (Lipinski definition) is 0. The zero-order valence-electron chi connectivity index (χ0n) is 13.9. The van der Waals surface area contributed by atoms with Crippen LogP contribution in [-0.4, -0.2) is 4.57 Å². The van der Waals surface area contributed by atoms with Crippen LogP contribution in [0.1, 0.15) is 90.2 Å². The fourth-order valence-electron chi connectivity index (χ4n) is 2.92. The Morgan fingerprint density at radius 1 is 0.750 bits per heavy atom. The molecule has 0 aliphatic heterocycles. The molecule has 0 atom stereocenters. The Morgan fingerprint density at radius 3 is 1.95 bits per heavy atom. The third-order valence-corrected chi connectivity index (χ3v) is 4.18. The highest BCUT2D eigenvalue weighted by Gasteiger charge is 1.99. The average Bonchev–Trinajstić information content (AvgIpc) is 2.89. The second-order valence-corrected chi connectivity index (χ2v) is 6.12. The predicted octanol–water partition coefficient (Wildman–Crippen LogP) is 6.36. The van der Waals surface area contributed by atoms with E-state index in [1.807, 2.05) is 0 Å². The van der Waals surface area contributed by atoms with Gasteiger partial charge in [0.1, 0.15) is 0 Å². The van der Waals surface area contributed by atoms with Crippen molar-refractivity contribution in [1.29, 1.82) is 0 Å². The van der Waals surface area contributed by atoms with Crippen LogP contribution in [0.3, 0.4) is 0 Å². The number of unbranched alkanes of at least 4 members (excludes halogenated alkanes) is 9. The molecule has 0 fully saturated rings. The Balaban J connectivity index is 1.93. The molecule has 0 N–H and O–H groups in total. The lowest BCUT2D eigenvalue weighted by Gasteiger charge is -2.08. The van der Waals surface area contributed by atoms with Gasteiger partial charge < -0.3 is 4.57 Å². The molecule has 0 amide bonds. The molecular formula is C19H35N. The summed E-state index contributed by atoms with van der Waals surface area (Å²) in [7, 11) is 0. The van der Waals surface area contributed by atoms with Gasteiger partial charge in [-0.05, 0) is 25.0 Å². The van der Waals surface area contributed by atoms with Crippen molar-refractivity contribution in [2.75, 3.05) is 0 Å². The van der Waals surface area contributed by atoms with Crippen LogP contribution in [0, 0.1) is 0 Å². The Morgan fingerprint density at radius 2 is 1.35 bits per heavy atom. The highest BCUT2D eigenvalue weighted by molar-refractivity contribution is 5.07. The van der Waals surface area contributed by atoms with Crippen molar-refractivity contribution < 1.29 is 0 Å². The van der Waals surface area contributed by atoms with Gasteiger partial charge in [-0.1, -0.05) is 78.1 Å². The van der Waals surface area contributed by atoms with Gasteiger partial charge in [-0.3, -0.25) is 0 Å². The summed E-state index contributed by atoms with van der Waals surface area (Å²) in [5.41, 5.74) is 1.52. The second-order valence-electron chi connectivity index (χ2n) is 6.12. The Hall–Kier alpha value is -0.720. The summed E-state index contributed by atoms with van der Waals surface area (Å²) in [5.74, 6) is 0. The van der Waals surface area contributed by atoms with E-state index < -0.39 is 0 Å². The van der Waals surface area contributed by atoms with Crippen LogP contribution in [0.5, 0.6) is 0 Å². The number of hydrogen-bond donors (Lipinski definition) is 0. The summed E-state index contributed by atoms with van der Waals surface area (Å²) in [5, 5.41) is 0. The van der Waals surface area contributed by atoms with Crippen molar-refractivity contribution >= 4 is 0 Å². The lowest BCUT2D eigenvalue weighted by atomic mass is 10.1. The van der Waals surface area contributed by atoms with Crippen LogP contribution < -0.4 is 0 Å². The van der Waals surface area contributed by atoms with Crippen molar-refractivity contribution in [2.45, 2.75) is 97.4 Å². The first-order valence-corrected chi connectivity index (χ1v) is 9.02. The topological polar surface area (TPSA) is 4.93 Å². The first-order valence-electron chi connectivity index (χ1n) is 9.02. The number of nitrogens with zero attached hydrogens (tertiary/aromatic N) is 1. The molecular weight excluding hydrogens is 242 g/mol. The smallest absolute Gasteiger partial charge is 0.0222 e. The summed E-state index contributed by atoms with van der Waals surface area (Å²) in [6.45, 7) is 5.77. The van der Waals surface area contributed by atoms with Gasteiger partial charge in [-0.25, -0.2) is 0 Å². The molecule has 0 unspecified atom stereocenters. The van der Waals surface area contributed by atoms with Crippen molar-refractivity contribution in [3.05, 3.63) is 24.0 Å². The lowest BCUT2D eigenvalue weighted by Crippen LogP contribution is -2.01. The molecule has 0 saturated carbocycles. The van der Waals surface area contributed by atoms with Crippen LogP contribution in [0.15, 0.2) is 18.3 Å². The maximum Gasteiger partial charge on any atom is 0.0222 e. The molecule has 0 aliphatic rings. The molecule has 1 nitrogen and oxygen atoms in total. The van der Waals surface area contributed by atoms with E-state index in [2.05, 4.69) is 36.7 Å². The third-order valence-electron chi connectivity index (χ3n) is 4.18. The van der Waals surface area contributed by atoms with Gasteiger partial charge in [0, 0.05) is 18.4 Å². The summed E-state index contributed by atoms with van der Waals surface area (Å²) in [4.78, 5) is 0. The van der Waals surface area contributed by atoms with E-state index in [0.29, 0.717) is 0 Å². The van der Waals surface area contributed by atoms with Gasteiger partial charge in [0.2, 0.25) is 0 Å². The van der Waals surface area contributed by atoms with E-state index in [9.17, 15) is 0 Å². The average molecular weight is 277 g/mol. The Kier molecular flexibility index (Phi) is 10.4. The molecule has 0 saturated heterocycles. The Labute approximate surface area is 126 Å². The molecule has 0 aromatic carbocycles. The van der Waals surface area contributed by atoms with Crippen molar-refractivity contribution in [1.82, 2.24) is 4.57 Å². The highest BCUT2D eigenvalue weighted by atomic mass is 15.0. The van der Waals surface area contributed by atoms with Crippen LogP contribution in [0.4, 0.5) is 0 Å². The molecule has 1 heterocycles. The molecule has 0 radical (unpaired) electrons. The molecule has 1 heteroatoms. The zero-order chi connectivity index (χ0) is 14.5. The third kappa shape index (κ3) is 7.77. The fraction of sp³-hybridized carbons (Fsp3) is 0.789. The van der Waals surface area contributed by atoms with Gasteiger partial charge in [0.25, 0.3) is 0 Å². The molecule has 116 valence electrons. The molecule has 1 aromatic rings. The summed E-state index contributed by atoms with van der Waals surface area (Å²) >= 11 is 0. The van der Waals surface area contributed by atoms with Crippen LogP contribution in [-0.2, 0) is 13.0 Å². The minimum absolute atomic E-state index is 1.22. The number of aryl methyl sites for hydroxylation is 2. The monoisotopic (exact) mass is 277 g/mol. The van der Waals surface area contributed by atoms with Crippen molar-refractivity contribution in [3.63, 3.8) is 0 Å². The molecule has 0 aliphatic carbocycles. The second kappa shape index (κ2) is 12.1. The van der Waals surface area contributed by atoms with Gasteiger partial charge in [-0.15, -0.1) is 0 Å². The van der Waals surface area contributed by atoms with Crippen molar-refractivity contribution in [3.8, 4) is 0 Å². The van der Waals surface area contributed by atoms with E-state index in [-0.39, 0.29) is 0 Å². The van der Waals surface area contributed by atoms with Gasteiger partial charge >= 0.3 is 0 Å². The van der Waals surface area contributed by atoms with Gasteiger partial charge in [0.05, 0.1) is 0 Å². The van der Waals surface area contributed by atoms with E-state index in [1.54, 1.807) is 0 Å². The maximum atomic E-state index is 2.45. The van der Waals surface area contributed by atoms with Gasteiger partial charge in [0.15, 0.2) is 0 Å². The molecule has 0 spiro atoms.